The monoisotopic (exact) mass is 260 g/mol. The van der Waals surface area contributed by atoms with Crippen molar-refractivity contribution in [2.24, 2.45) is 0 Å². The molecule has 0 aliphatic carbocycles. The van der Waals surface area contributed by atoms with Crippen LogP contribution in [-0.2, 0) is 11.3 Å². The summed E-state index contributed by atoms with van der Waals surface area (Å²) in [6.07, 6.45) is 2.91. The van der Waals surface area contributed by atoms with Crippen LogP contribution in [0, 0.1) is 0 Å². The van der Waals surface area contributed by atoms with E-state index in [2.05, 4.69) is 21.8 Å². The summed E-state index contributed by atoms with van der Waals surface area (Å²) in [5.41, 5.74) is 1.97. The number of aromatic nitrogens is 3. The van der Waals surface area contributed by atoms with Gasteiger partial charge in [0.05, 0.1) is 19.1 Å². The summed E-state index contributed by atoms with van der Waals surface area (Å²) in [6.45, 7) is 4.62. The second-order valence-electron chi connectivity index (χ2n) is 5.01. The van der Waals surface area contributed by atoms with Crippen LogP contribution < -0.4 is 5.32 Å². The number of fused-ring (bicyclic) bond motifs is 1. The Hall–Kier alpha value is -1.46. The van der Waals surface area contributed by atoms with E-state index in [9.17, 15) is 0 Å². The third kappa shape index (κ3) is 2.13. The molecule has 0 spiro atoms. The van der Waals surface area contributed by atoms with E-state index in [1.54, 1.807) is 0 Å². The van der Waals surface area contributed by atoms with Crippen LogP contribution in [0.3, 0.4) is 0 Å². The molecule has 0 aromatic carbocycles. The molecule has 3 rings (SSSR count). The van der Waals surface area contributed by atoms with Crippen molar-refractivity contribution < 1.29 is 4.74 Å². The zero-order valence-corrected chi connectivity index (χ0v) is 11.5. The highest BCUT2D eigenvalue weighted by atomic mass is 16.5. The van der Waals surface area contributed by atoms with Gasteiger partial charge in [-0.05, 0) is 25.6 Å². The molecule has 2 aromatic rings. The standard InChI is InChI=1S/C14H20N4O/c1-3-7-18-13(10-8-19-9-12(10)15-2)17-11-5-4-6-16-14(11)18/h4-6,10,12,15H,3,7-9H2,1-2H3. The van der Waals surface area contributed by atoms with Gasteiger partial charge in [-0.15, -0.1) is 0 Å². The minimum absolute atomic E-state index is 0.311. The Balaban J connectivity index is 2.08. The van der Waals surface area contributed by atoms with E-state index in [0.29, 0.717) is 12.0 Å². The lowest BCUT2D eigenvalue weighted by Gasteiger charge is -2.17. The molecule has 19 heavy (non-hydrogen) atoms. The number of rotatable bonds is 4. The summed E-state index contributed by atoms with van der Waals surface area (Å²) in [4.78, 5) is 9.27. The molecule has 1 saturated heterocycles. The number of hydrogen-bond acceptors (Lipinski definition) is 4. The van der Waals surface area contributed by atoms with Crippen molar-refractivity contribution in [2.45, 2.75) is 31.8 Å². The van der Waals surface area contributed by atoms with E-state index >= 15 is 0 Å². The molecular formula is C14H20N4O. The topological polar surface area (TPSA) is 52.0 Å². The van der Waals surface area contributed by atoms with Crippen LogP contribution in [0.5, 0.6) is 0 Å². The first-order valence-corrected chi connectivity index (χ1v) is 6.91. The van der Waals surface area contributed by atoms with Crippen molar-refractivity contribution in [2.75, 3.05) is 20.3 Å². The van der Waals surface area contributed by atoms with Gasteiger partial charge in [-0.1, -0.05) is 6.92 Å². The maximum Gasteiger partial charge on any atom is 0.159 e. The molecule has 0 radical (unpaired) electrons. The van der Waals surface area contributed by atoms with Crippen LogP contribution in [0.4, 0.5) is 0 Å². The number of pyridine rings is 1. The number of ether oxygens (including phenoxy) is 1. The molecule has 2 aromatic heterocycles. The molecule has 2 atom stereocenters. The highest BCUT2D eigenvalue weighted by Gasteiger charge is 2.32. The SMILES string of the molecule is CCCn1c(C2COCC2NC)nc2cccnc21. The van der Waals surface area contributed by atoms with Crippen molar-refractivity contribution in [3.8, 4) is 0 Å². The normalized spacial score (nSPS) is 23.3. The zero-order valence-electron chi connectivity index (χ0n) is 11.5. The van der Waals surface area contributed by atoms with Gasteiger partial charge in [-0.3, -0.25) is 0 Å². The van der Waals surface area contributed by atoms with Crippen LogP contribution in [0.15, 0.2) is 18.3 Å². The molecule has 2 unspecified atom stereocenters. The van der Waals surface area contributed by atoms with Gasteiger partial charge < -0.3 is 14.6 Å². The van der Waals surface area contributed by atoms with E-state index in [-0.39, 0.29) is 0 Å². The Morgan fingerprint density at radius 3 is 3.16 bits per heavy atom. The summed E-state index contributed by atoms with van der Waals surface area (Å²) in [7, 11) is 1.98. The summed E-state index contributed by atoms with van der Waals surface area (Å²) in [5, 5.41) is 3.33. The van der Waals surface area contributed by atoms with Gasteiger partial charge in [-0.25, -0.2) is 9.97 Å². The summed E-state index contributed by atoms with van der Waals surface area (Å²) >= 11 is 0. The second-order valence-corrected chi connectivity index (χ2v) is 5.01. The molecule has 5 nitrogen and oxygen atoms in total. The van der Waals surface area contributed by atoms with Crippen LogP contribution in [0.1, 0.15) is 25.1 Å². The average Bonchev–Trinajstić information content (AvgIpc) is 3.03. The van der Waals surface area contributed by atoms with Gasteiger partial charge in [-0.2, -0.15) is 0 Å². The predicted octanol–water partition coefficient (Wildman–Crippen LogP) is 1.54. The lowest BCUT2D eigenvalue weighted by atomic mass is 10.0. The van der Waals surface area contributed by atoms with E-state index in [4.69, 9.17) is 9.72 Å². The molecule has 1 aliphatic rings. The summed E-state index contributed by atoms with van der Waals surface area (Å²) in [6, 6.07) is 4.31. The highest BCUT2D eigenvalue weighted by Crippen LogP contribution is 2.27. The maximum absolute atomic E-state index is 5.61. The highest BCUT2D eigenvalue weighted by molar-refractivity contribution is 5.71. The Morgan fingerprint density at radius 2 is 2.37 bits per heavy atom. The quantitative estimate of drug-likeness (QED) is 0.906. The van der Waals surface area contributed by atoms with Crippen LogP contribution in [0.25, 0.3) is 11.2 Å². The Morgan fingerprint density at radius 1 is 1.47 bits per heavy atom. The number of imidazole rings is 1. The first kappa shape index (κ1) is 12.6. The van der Waals surface area contributed by atoms with E-state index in [0.717, 1.165) is 43.2 Å². The van der Waals surface area contributed by atoms with Crippen molar-refractivity contribution in [3.05, 3.63) is 24.2 Å². The van der Waals surface area contributed by atoms with Crippen LogP contribution in [0.2, 0.25) is 0 Å². The zero-order chi connectivity index (χ0) is 13.2. The Kier molecular flexibility index (Phi) is 3.48. The third-order valence-corrected chi connectivity index (χ3v) is 3.76. The van der Waals surface area contributed by atoms with Crippen molar-refractivity contribution in [3.63, 3.8) is 0 Å². The minimum Gasteiger partial charge on any atom is -0.379 e. The molecule has 5 heteroatoms. The summed E-state index contributed by atoms with van der Waals surface area (Å²) < 4.78 is 7.86. The van der Waals surface area contributed by atoms with E-state index < -0.39 is 0 Å². The van der Waals surface area contributed by atoms with Crippen LogP contribution >= 0.6 is 0 Å². The largest absolute Gasteiger partial charge is 0.379 e. The molecule has 3 heterocycles. The van der Waals surface area contributed by atoms with Gasteiger partial charge in [0.25, 0.3) is 0 Å². The first-order valence-electron chi connectivity index (χ1n) is 6.91. The van der Waals surface area contributed by atoms with Gasteiger partial charge in [0, 0.05) is 18.8 Å². The molecule has 1 fully saturated rings. The fraction of sp³-hybridized carbons (Fsp3) is 0.571. The molecule has 0 saturated carbocycles. The van der Waals surface area contributed by atoms with Gasteiger partial charge in [0.1, 0.15) is 11.3 Å². The smallest absolute Gasteiger partial charge is 0.159 e. The predicted molar refractivity (Wildman–Crippen MR) is 74.2 cm³/mol. The van der Waals surface area contributed by atoms with Gasteiger partial charge >= 0.3 is 0 Å². The van der Waals surface area contributed by atoms with Crippen molar-refractivity contribution >= 4 is 11.2 Å². The lowest BCUT2D eigenvalue weighted by molar-refractivity contribution is 0.187. The molecule has 1 aliphatic heterocycles. The van der Waals surface area contributed by atoms with Crippen molar-refractivity contribution in [1.29, 1.82) is 0 Å². The number of nitrogens with zero attached hydrogens (tertiary/aromatic N) is 3. The van der Waals surface area contributed by atoms with Crippen LogP contribution in [-0.4, -0.2) is 40.8 Å². The average molecular weight is 260 g/mol. The number of nitrogens with one attached hydrogen (secondary N) is 1. The number of likely N-dealkylation sites (N-methyl/N-ethyl adjacent to an activating group) is 1. The van der Waals surface area contributed by atoms with Gasteiger partial charge in [0.15, 0.2) is 5.65 Å². The van der Waals surface area contributed by atoms with E-state index in [1.807, 2.05) is 25.4 Å². The summed E-state index contributed by atoms with van der Waals surface area (Å²) in [5.74, 6) is 1.41. The Bertz CT molecular complexity index is 566. The van der Waals surface area contributed by atoms with E-state index in [1.165, 1.54) is 0 Å². The van der Waals surface area contributed by atoms with Gasteiger partial charge in [0.2, 0.25) is 0 Å². The molecular weight excluding hydrogens is 240 g/mol. The number of hydrogen-bond donors (Lipinski definition) is 1. The molecule has 1 N–H and O–H groups in total. The fourth-order valence-electron chi connectivity index (χ4n) is 2.80. The molecule has 0 bridgehead atoms. The third-order valence-electron chi connectivity index (χ3n) is 3.76. The molecule has 102 valence electrons. The fourth-order valence-corrected chi connectivity index (χ4v) is 2.80. The lowest BCUT2D eigenvalue weighted by Crippen LogP contribution is -2.32. The number of aryl methyl sites for hydroxylation is 1. The minimum atomic E-state index is 0.311. The second kappa shape index (κ2) is 5.27. The van der Waals surface area contributed by atoms with Crippen molar-refractivity contribution in [1.82, 2.24) is 19.9 Å². The maximum atomic E-state index is 5.61. The molecule has 0 amide bonds. The Labute approximate surface area is 113 Å². The first-order chi connectivity index (χ1) is 9.35.